The Hall–Kier alpha value is -1.02. The molecule has 0 radical (unpaired) electrons. The van der Waals surface area contributed by atoms with Crippen molar-refractivity contribution in [2.24, 2.45) is 5.41 Å². The van der Waals surface area contributed by atoms with Crippen molar-refractivity contribution < 1.29 is 4.74 Å². The van der Waals surface area contributed by atoms with Gasteiger partial charge >= 0.3 is 0 Å². The monoisotopic (exact) mass is 233 g/mol. The van der Waals surface area contributed by atoms with Crippen molar-refractivity contribution in [3.8, 4) is 5.75 Å². The average molecular weight is 233 g/mol. The van der Waals surface area contributed by atoms with Crippen molar-refractivity contribution in [2.45, 2.75) is 39.7 Å². The van der Waals surface area contributed by atoms with Gasteiger partial charge in [-0.2, -0.15) is 0 Å². The third kappa shape index (κ3) is 3.22. The van der Waals surface area contributed by atoms with Crippen LogP contribution in [0.5, 0.6) is 5.75 Å². The second-order valence-corrected chi connectivity index (χ2v) is 5.31. The van der Waals surface area contributed by atoms with Crippen LogP contribution in [0.2, 0.25) is 0 Å². The highest BCUT2D eigenvalue weighted by Gasteiger charge is 2.30. The second kappa shape index (κ2) is 5.54. The maximum atomic E-state index is 5.62. The van der Waals surface area contributed by atoms with Crippen LogP contribution in [0.1, 0.15) is 38.7 Å². The van der Waals surface area contributed by atoms with Crippen molar-refractivity contribution in [1.82, 2.24) is 5.32 Å². The summed E-state index contributed by atoms with van der Waals surface area (Å²) in [5, 5.41) is 3.56. The predicted molar refractivity (Wildman–Crippen MR) is 71.3 cm³/mol. The Morgan fingerprint density at radius 1 is 1.29 bits per heavy atom. The Bertz CT molecular complexity index is 358. The molecule has 1 aromatic rings. The van der Waals surface area contributed by atoms with Gasteiger partial charge in [0.15, 0.2) is 0 Å². The summed E-state index contributed by atoms with van der Waals surface area (Å²) in [5.74, 6) is 1.02. The molecule has 1 aliphatic rings. The fraction of sp³-hybridized carbons (Fsp3) is 0.600. The van der Waals surface area contributed by atoms with Gasteiger partial charge in [0.25, 0.3) is 0 Å². The molecule has 0 saturated heterocycles. The summed E-state index contributed by atoms with van der Waals surface area (Å²) >= 11 is 0. The van der Waals surface area contributed by atoms with Crippen molar-refractivity contribution >= 4 is 0 Å². The molecule has 1 N–H and O–H groups in total. The molecule has 94 valence electrons. The van der Waals surface area contributed by atoms with E-state index in [1.54, 1.807) is 0 Å². The van der Waals surface area contributed by atoms with Gasteiger partial charge in [-0.3, -0.25) is 0 Å². The molecule has 0 heterocycles. The van der Waals surface area contributed by atoms with Gasteiger partial charge in [0.1, 0.15) is 5.75 Å². The molecule has 0 aliphatic heterocycles. The number of rotatable bonds is 6. The number of nitrogens with one attached hydrogen (secondary N) is 1. The van der Waals surface area contributed by atoms with E-state index in [1.165, 1.54) is 24.8 Å². The van der Waals surface area contributed by atoms with Crippen molar-refractivity contribution in [3.05, 3.63) is 29.8 Å². The minimum atomic E-state index is 0.542. The maximum absolute atomic E-state index is 5.62. The first-order valence-corrected chi connectivity index (χ1v) is 6.65. The smallest absolute Gasteiger partial charge is 0.123 e. The minimum Gasteiger partial charge on any atom is -0.494 e. The summed E-state index contributed by atoms with van der Waals surface area (Å²) in [4.78, 5) is 0. The molecule has 1 fully saturated rings. The predicted octanol–water partition coefficient (Wildman–Crippen LogP) is 3.37. The van der Waals surface area contributed by atoms with E-state index in [0.29, 0.717) is 5.41 Å². The molecule has 0 spiro atoms. The average Bonchev–Trinajstić information content (AvgIpc) is 2.29. The first-order chi connectivity index (χ1) is 8.23. The van der Waals surface area contributed by atoms with Crippen LogP contribution < -0.4 is 10.1 Å². The quantitative estimate of drug-likeness (QED) is 0.813. The van der Waals surface area contributed by atoms with Crippen LogP contribution in [0, 0.1) is 5.41 Å². The van der Waals surface area contributed by atoms with E-state index in [9.17, 15) is 0 Å². The summed E-state index contributed by atoms with van der Waals surface area (Å²) in [5.41, 5.74) is 1.80. The van der Waals surface area contributed by atoms with E-state index >= 15 is 0 Å². The van der Waals surface area contributed by atoms with E-state index in [2.05, 4.69) is 24.4 Å². The van der Waals surface area contributed by atoms with Gasteiger partial charge < -0.3 is 10.1 Å². The van der Waals surface area contributed by atoms with Crippen LogP contribution in [0.4, 0.5) is 0 Å². The molecule has 2 rings (SSSR count). The van der Waals surface area contributed by atoms with E-state index in [1.807, 2.05) is 19.1 Å². The molecular formula is C15H23NO. The Morgan fingerprint density at radius 2 is 2.06 bits per heavy atom. The van der Waals surface area contributed by atoms with Gasteiger partial charge in [-0.15, -0.1) is 0 Å². The van der Waals surface area contributed by atoms with Gasteiger partial charge in [0, 0.05) is 18.7 Å². The van der Waals surface area contributed by atoms with Crippen LogP contribution in [0.3, 0.4) is 0 Å². The number of ether oxygens (including phenoxy) is 1. The van der Waals surface area contributed by atoms with Gasteiger partial charge in [-0.1, -0.05) is 31.5 Å². The topological polar surface area (TPSA) is 21.3 Å². The molecule has 0 bridgehead atoms. The Kier molecular flexibility index (Phi) is 4.06. The highest BCUT2D eigenvalue weighted by Crippen LogP contribution is 2.39. The van der Waals surface area contributed by atoms with E-state index in [0.717, 1.165) is 25.4 Å². The van der Waals surface area contributed by atoms with Crippen LogP contribution in [-0.4, -0.2) is 13.2 Å². The van der Waals surface area contributed by atoms with Gasteiger partial charge in [-0.05, 0) is 31.2 Å². The zero-order chi connectivity index (χ0) is 12.1. The van der Waals surface area contributed by atoms with E-state index in [-0.39, 0.29) is 0 Å². The van der Waals surface area contributed by atoms with E-state index < -0.39 is 0 Å². The third-order valence-electron chi connectivity index (χ3n) is 3.70. The fourth-order valence-corrected chi connectivity index (χ4v) is 2.40. The molecule has 17 heavy (non-hydrogen) atoms. The zero-order valence-electron chi connectivity index (χ0n) is 11.0. The Labute approximate surface area is 104 Å². The maximum Gasteiger partial charge on any atom is 0.123 e. The Morgan fingerprint density at radius 3 is 2.71 bits per heavy atom. The number of para-hydroxylation sites is 1. The number of hydrogen-bond donors (Lipinski definition) is 1. The lowest BCUT2D eigenvalue weighted by Gasteiger charge is -2.38. The fourth-order valence-electron chi connectivity index (χ4n) is 2.40. The van der Waals surface area contributed by atoms with Crippen LogP contribution in [0.15, 0.2) is 24.3 Å². The van der Waals surface area contributed by atoms with Gasteiger partial charge in [0.05, 0.1) is 6.61 Å². The lowest BCUT2D eigenvalue weighted by Crippen LogP contribution is -2.37. The lowest BCUT2D eigenvalue weighted by atomic mass is 9.70. The first-order valence-electron chi connectivity index (χ1n) is 6.65. The second-order valence-electron chi connectivity index (χ2n) is 5.31. The molecular weight excluding hydrogens is 210 g/mol. The molecule has 1 aromatic carbocycles. The summed E-state index contributed by atoms with van der Waals surface area (Å²) in [6, 6.07) is 8.29. The van der Waals surface area contributed by atoms with Crippen LogP contribution >= 0.6 is 0 Å². The van der Waals surface area contributed by atoms with Crippen LogP contribution in [0.25, 0.3) is 0 Å². The molecule has 0 amide bonds. The molecule has 2 nitrogen and oxygen atoms in total. The molecule has 0 unspecified atom stereocenters. The molecule has 1 saturated carbocycles. The van der Waals surface area contributed by atoms with Crippen molar-refractivity contribution in [2.75, 3.05) is 13.2 Å². The van der Waals surface area contributed by atoms with Gasteiger partial charge in [-0.25, -0.2) is 0 Å². The third-order valence-corrected chi connectivity index (χ3v) is 3.70. The highest BCUT2D eigenvalue weighted by molar-refractivity contribution is 5.33. The summed E-state index contributed by atoms with van der Waals surface area (Å²) in [6.45, 7) is 7.16. The van der Waals surface area contributed by atoms with Crippen molar-refractivity contribution in [3.63, 3.8) is 0 Å². The molecule has 0 aromatic heterocycles. The molecule has 2 heteroatoms. The SMILES string of the molecule is CCOc1ccccc1CNCC1(C)CCC1. The van der Waals surface area contributed by atoms with Gasteiger partial charge in [0.2, 0.25) is 0 Å². The molecule has 1 aliphatic carbocycles. The summed E-state index contributed by atoms with van der Waals surface area (Å²) in [7, 11) is 0. The lowest BCUT2D eigenvalue weighted by molar-refractivity contribution is 0.156. The number of benzene rings is 1. The minimum absolute atomic E-state index is 0.542. The van der Waals surface area contributed by atoms with Crippen molar-refractivity contribution in [1.29, 1.82) is 0 Å². The first kappa shape index (κ1) is 12.4. The summed E-state index contributed by atoms with van der Waals surface area (Å²) in [6.07, 6.45) is 4.13. The van der Waals surface area contributed by atoms with E-state index in [4.69, 9.17) is 4.74 Å². The standard InChI is InChI=1S/C15H23NO/c1-3-17-14-8-5-4-7-13(14)11-16-12-15(2)9-6-10-15/h4-5,7-8,16H,3,6,9-12H2,1-2H3. The van der Waals surface area contributed by atoms with Crippen LogP contribution in [-0.2, 0) is 6.54 Å². The zero-order valence-corrected chi connectivity index (χ0v) is 11.0. The molecule has 0 atom stereocenters. The largest absolute Gasteiger partial charge is 0.494 e. The normalized spacial score (nSPS) is 17.5. The Balaban J connectivity index is 1.85. The highest BCUT2D eigenvalue weighted by atomic mass is 16.5. The summed E-state index contributed by atoms with van der Waals surface area (Å²) < 4.78 is 5.62. The number of hydrogen-bond acceptors (Lipinski definition) is 2.